The van der Waals surface area contributed by atoms with E-state index in [0.29, 0.717) is 12.1 Å². The highest BCUT2D eigenvalue weighted by atomic mass is 19.1. The molecule has 100 valence electrons. The predicted molar refractivity (Wildman–Crippen MR) is 68.1 cm³/mol. The van der Waals surface area contributed by atoms with E-state index in [4.69, 9.17) is 0 Å². The summed E-state index contributed by atoms with van der Waals surface area (Å²) in [7, 11) is 0. The summed E-state index contributed by atoms with van der Waals surface area (Å²) in [6.45, 7) is 3.84. The molecule has 1 atom stereocenters. The molecular weight excluding hydrogens is 247 g/mol. The van der Waals surface area contributed by atoms with Crippen molar-refractivity contribution in [1.29, 1.82) is 0 Å². The van der Waals surface area contributed by atoms with Gasteiger partial charge < -0.3 is 14.6 Å². The summed E-state index contributed by atoms with van der Waals surface area (Å²) in [5.41, 5.74) is 1.46. The van der Waals surface area contributed by atoms with Crippen molar-refractivity contribution in [1.82, 2.24) is 14.8 Å². The molecule has 1 aliphatic rings. The minimum atomic E-state index is -0.703. The van der Waals surface area contributed by atoms with Crippen LogP contribution in [-0.2, 0) is 13.1 Å². The van der Waals surface area contributed by atoms with Gasteiger partial charge >= 0.3 is 0 Å². The Morgan fingerprint density at radius 2 is 2.21 bits per heavy atom. The molecule has 0 saturated carbocycles. The lowest BCUT2D eigenvalue weighted by Crippen LogP contribution is -2.34. The zero-order valence-corrected chi connectivity index (χ0v) is 10.6. The molecule has 3 rings (SSSR count). The van der Waals surface area contributed by atoms with Crippen molar-refractivity contribution in [2.75, 3.05) is 11.4 Å². The molecular formula is C13H15FN4O. The zero-order chi connectivity index (χ0) is 13.4. The number of nitrogens with zero attached hydrogens (tertiary/aromatic N) is 4. The molecule has 0 radical (unpaired) electrons. The van der Waals surface area contributed by atoms with Gasteiger partial charge in [0.15, 0.2) is 5.82 Å². The lowest BCUT2D eigenvalue weighted by Gasteiger charge is -2.31. The summed E-state index contributed by atoms with van der Waals surface area (Å²) in [4.78, 5) is 2.09. The number of fused-ring (bicyclic) bond motifs is 1. The van der Waals surface area contributed by atoms with Gasteiger partial charge in [-0.1, -0.05) is 0 Å². The number of anilines is 1. The van der Waals surface area contributed by atoms with Crippen molar-refractivity contribution < 1.29 is 9.50 Å². The van der Waals surface area contributed by atoms with Crippen LogP contribution in [0.1, 0.15) is 24.4 Å². The number of hydrogen-bond donors (Lipinski definition) is 1. The molecule has 2 aromatic rings. The summed E-state index contributed by atoms with van der Waals surface area (Å²) in [5.74, 6) is 0.548. The maximum atomic E-state index is 13.3. The summed E-state index contributed by atoms with van der Waals surface area (Å²) in [6, 6.07) is 4.52. The highest BCUT2D eigenvalue weighted by molar-refractivity contribution is 5.55. The molecule has 0 amide bonds. The summed E-state index contributed by atoms with van der Waals surface area (Å²) in [5, 5.41) is 17.7. The fraction of sp³-hybridized carbons (Fsp3) is 0.385. The van der Waals surface area contributed by atoms with Gasteiger partial charge in [-0.25, -0.2) is 4.39 Å². The van der Waals surface area contributed by atoms with E-state index in [9.17, 15) is 9.50 Å². The molecule has 1 aromatic carbocycles. The van der Waals surface area contributed by atoms with Crippen LogP contribution >= 0.6 is 0 Å². The van der Waals surface area contributed by atoms with Gasteiger partial charge in [-0.05, 0) is 25.1 Å². The van der Waals surface area contributed by atoms with Crippen molar-refractivity contribution in [3.8, 4) is 0 Å². The second-order valence-corrected chi connectivity index (χ2v) is 4.74. The first-order valence-electron chi connectivity index (χ1n) is 6.24. The van der Waals surface area contributed by atoms with Crippen molar-refractivity contribution in [3.63, 3.8) is 0 Å². The molecule has 6 heteroatoms. The Labute approximate surface area is 110 Å². The molecule has 0 fully saturated rings. The molecule has 1 aromatic heterocycles. The number of benzene rings is 1. The largest absolute Gasteiger partial charge is 0.389 e. The number of aromatic nitrogens is 3. The van der Waals surface area contributed by atoms with E-state index in [1.807, 2.05) is 4.57 Å². The van der Waals surface area contributed by atoms with E-state index in [-0.39, 0.29) is 5.82 Å². The molecule has 1 aliphatic heterocycles. The van der Waals surface area contributed by atoms with E-state index in [1.165, 1.54) is 12.1 Å². The second-order valence-electron chi connectivity index (χ2n) is 4.74. The summed E-state index contributed by atoms with van der Waals surface area (Å²) in [6.07, 6.45) is 1.01. The molecule has 0 spiro atoms. The van der Waals surface area contributed by atoms with Gasteiger partial charge in [-0.3, -0.25) is 0 Å². The van der Waals surface area contributed by atoms with Crippen LogP contribution in [0.15, 0.2) is 24.5 Å². The van der Waals surface area contributed by atoms with Crippen molar-refractivity contribution in [3.05, 3.63) is 41.7 Å². The van der Waals surface area contributed by atoms with Crippen molar-refractivity contribution >= 4 is 5.69 Å². The third-order valence-corrected chi connectivity index (χ3v) is 3.42. The lowest BCUT2D eigenvalue weighted by atomic mass is 10.1. The standard InChI is InChI=1S/C13H15FN4O/c1-9(19)11-6-10(14)2-3-12(11)17-4-5-18-8-15-16-13(18)7-17/h2-3,6,8-9,19H,4-5,7H2,1H3/t9-/m0/s1. The topological polar surface area (TPSA) is 54.2 Å². The second kappa shape index (κ2) is 4.62. The first-order valence-corrected chi connectivity index (χ1v) is 6.24. The molecule has 0 aliphatic carbocycles. The highest BCUT2D eigenvalue weighted by Gasteiger charge is 2.21. The van der Waals surface area contributed by atoms with Gasteiger partial charge in [0.25, 0.3) is 0 Å². The summed E-state index contributed by atoms with van der Waals surface area (Å²) < 4.78 is 15.3. The maximum absolute atomic E-state index is 13.3. The van der Waals surface area contributed by atoms with Crippen LogP contribution in [0.25, 0.3) is 0 Å². The van der Waals surface area contributed by atoms with Crippen LogP contribution in [0.4, 0.5) is 10.1 Å². The SMILES string of the molecule is C[C@H](O)c1cc(F)ccc1N1CCn2cnnc2C1. The van der Waals surface area contributed by atoms with Crippen molar-refractivity contribution in [2.45, 2.75) is 26.1 Å². The Balaban J connectivity index is 1.95. The van der Waals surface area contributed by atoms with E-state index < -0.39 is 6.10 Å². The minimum absolute atomic E-state index is 0.333. The normalized spacial score (nSPS) is 16.3. The quantitative estimate of drug-likeness (QED) is 0.891. The van der Waals surface area contributed by atoms with E-state index in [1.54, 1.807) is 19.3 Å². The first-order chi connectivity index (χ1) is 9.15. The highest BCUT2D eigenvalue weighted by Crippen LogP contribution is 2.29. The Kier molecular flexibility index (Phi) is 2.94. The molecule has 2 heterocycles. The lowest BCUT2D eigenvalue weighted by molar-refractivity contribution is 0.199. The smallest absolute Gasteiger partial charge is 0.152 e. The number of halogens is 1. The van der Waals surface area contributed by atoms with Gasteiger partial charge in [-0.2, -0.15) is 0 Å². The Morgan fingerprint density at radius 3 is 3.00 bits per heavy atom. The van der Waals surface area contributed by atoms with Gasteiger partial charge in [0.05, 0.1) is 12.6 Å². The molecule has 0 bridgehead atoms. The van der Waals surface area contributed by atoms with Crippen LogP contribution in [0.3, 0.4) is 0 Å². The zero-order valence-electron chi connectivity index (χ0n) is 10.6. The van der Waals surface area contributed by atoms with Gasteiger partial charge in [-0.15, -0.1) is 10.2 Å². The number of rotatable bonds is 2. The van der Waals surface area contributed by atoms with Crippen LogP contribution in [0.2, 0.25) is 0 Å². The van der Waals surface area contributed by atoms with E-state index >= 15 is 0 Å². The van der Waals surface area contributed by atoms with Gasteiger partial charge in [0.2, 0.25) is 0 Å². The fourth-order valence-electron chi connectivity index (χ4n) is 2.42. The number of hydrogen-bond acceptors (Lipinski definition) is 4. The van der Waals surface area contributed by atoms with Crippen molar-refractivity contribution in [2.24, 2.45) is 0 Å². The van der Waals surface area contributed by atoms with Crippen LogP contribution in [-0.4, -0.2) is 26.4 Å². The Hall–Kier alpha value is -1.95. The average molecular weight is 262 g/mol. The van der Waals surface area contributed by atoms with Gasteiger partial charge in [0, 0.05) is 24.3 Å². The van der Waals surface area contributed by atoms with Gasteiger partial charge in [0.1, 0.15) is 12.1 Å². The Bertz CT molecular complexity index is 596. The third kappa shape index (κ3) is 2.19. The number of aliphatic hydroxyl groups excluding tert-OH is 1. The molecule has 1 N–H and O–H groups in total. The van der Waals surface area contributed by atoms with Crippen LogP contribution in [0, 0.1) is 5.82 Å². The molecule has 19 heavy (non-hydrogen) atoms. The molecule has 5 nitrogen and oxygen atoms in total. The van der Waals surface area contributed by atoms with E-state index in [0.717, 1.165) is 24.6 Å². The third-order valence-electron chi connectivity index (χ3n) is 3.42. The van der Waals surface area contributed by atoms with Crippen LogP contribution in [0.5, 0.6) is 0 Å². The van der Waals surface area contributed by atoms with Crippen LogP contribution < -0.4 is 4.90 Å². The van der Waals surface area contributed by atoms with E-state index in [2.05, 4.69) is 15.1 Å². The minimum Gasteiger partial charge on any atom is -0.389 e. The first kappa shape index (κ1) is 12.1. The monoisotopic (exact) mass is 262 g/mol. The predicted octanol–water partition coefficient (Wildman–Crippen LogP) is 1.49. The molecule has 0 unspecified atom stereocenters. The summed E-state index contributed by atoms with van der Waals surface area (Å²) >= 11 is 0. The maximum Gasteiger partial charge on any atom is 0.152 e. The fourth-order valence-corrected chi connectivity index (χ4v) is 2.42. The Morgan fingerprint density at radius 1 is 1.37 bits per heavy atom. The average Bonchev–Trinajstić information content (AvgIpc) is 2.85. The number of aliphatic hydroxyl groups is 1. The molecule has 0 saturated heterocycles.